The van der Waals surface area contributed by atoms with Crippen molar-refractivity contribution >= 4 is 28.2 Å². The minimum absolute atomic E-state index is 0. The van der Waals surface area contributed by atoms with E-state index >= 15 is 0 Å². The summed E-state index contributed by atoms with van der Waals surface area (Å²) in [5.41, 5.74) is 0.818. The SMILES string of the molecule is CCCS(=O)(=O)N[C@H]1CN(c2cc(COC)ncn2)C[C@@H]1C(C)C.Cl. The first kappa shape index (κ1) is 22.1. The summed E-state index contributed by atoms with van der Waals surface area (Å²) in [6.45, 7) is 7.97. The third kappa shape index (κ3) is 6.06. The van der Waals surface area contributed by atoms with Crippen LogP contribution in [-0.4, -0.2) is 50.4 Å². The number of rotatable bonds is 8. The highest BCUT2D eigenvalue weighted by Crippen LogP contribution is 2.28. The van der Waals surface area contributed by atoms with Crippen molar-refractivity contribution in [2.24, 2.45) is 11.8 Å². The fraction of sp³-hybridized carbons (Fsp3) is 0.750. The van der Waals surface area contributed by atoms with Crippen LogP contribution in [0, 0.1) is 11.8 Å². The minimum Gasteiger partial charge on any atom is -0.378 e. The third-order valence-corrected chi connectivity index (χ3v) is 5.96. The number of hydrogen-bond acceptors (Lipinski definition) is 6. The maximum absolute atomic E-state index is 12.2. The quantitative estimate of drug-likeness (QED) is 0.726. The van der Waals surface area contributed by atoms with Gasteiger partial charge in [-0.1, -0.05) is 20.8 Å². The Bertz CT molecular complexity index is 642. The molecule has 1 fully saturated rings. The Hall–Kier alpha value is -0.960. The van der Waals surface area contributed by atoms with E-state index in [0.29, 0.717) is 25.5 Å². The Balaban J connectivity index is 0.00000312. The highest BCUT2D eigenvalue weighted by atomic mass is 35.5. The summed E-state index contributed by atoms with van der Waals surface area (Å²) in [5, 5.41) is 0. The molecule has 1 aromatic heterocycles. The van der Waals surface area contributed by atoms with Crippen molar-refractivity contribution in [2.45, 2.75) is 39.8 Å². The maximum atomic E-state index is 12.2. The Morgan fingerprint density at radius 2 is 2.08 bits per heavy atom. The number of methoxy groups -OCH3 is 1. The van der Waals surface area contributed by atoms with Gasteiger partial charge in [0.15, 0.2) is 0 Å². The van der Waals surface area contributed by atoms with Gasteiger partial charge < -0.3 is 9.64 Å². The zero-order chi connectivity index (χ0) is 17.7. The molecule has 1 aliphatic heterocycles. The molecule has 7 nitrogen and oxygen atoms in total. The molecule has 0 aromatic carbocycles. The highest BCUT2D eigenvalue weighted by molar-refractivity contribution is 7.89. The van der Waals surface area contributed by atoms with Gasteiger partial charge in [0, 0.05) is 32.3 Å². The molecule has 0 saturated carbocycles. The molecular formula is C16H29ClN4O3S. The number of hydrogen-bond donors (Lipinski definition) is 1. The van der Waals surface area contributed by atoms with E-state index in [1.807, 2.05) is 13.0 Å². The van der Waals surface area contributed by atoms with Crippen molar-refractivity contribution in [3.05, 3.63) is 18.1 Å². The van der Waals surface area contributed by atoms with Crippen LogP contribution in [0.4, 0.5) is 5.82 Å². The summed E-state index contributed by atoms with van der Waals surface area (Å²) < 4.78 is 32.3. The molecule has 1 aliphatic rings. The van der Waals surface area contributed by atoms with Crippen molar-refractivity contribution < 1.29 is 13.2 Å². The normalized spacial score (nSPS) is 20.8. The third-order valence-electron chi connectivity index (χ3n) is 4.35. The van der Waals surface area contributed by atoms with E-state index in [9.17, 15) is 8.42 Å². The summed E-state index contributed by atoms with van der Waals surface area (Å²) in [5.74, 6) is 1.61. The van der Waals surface area contributed by atoms with Gasteiger partial charge in [-0.05, 0) is 18.3 Å². The molecule has 1 saturated heterocycles. The smallest absolute Gasteiger partial charge is 0.211 e. The maximum Gasteiger partial charge on any atom is 0.211 e. The molecule has 2 heterocycles. The van der Waals surface area contributed by atoms with Crippen LogP contribution in [0.25, 0.3) is 0 Å². The van der Waals surface area contributed by atoms with Crippen molar-refractivity contribution in [1.82, 2.24) is 14.7 Å². The first-order valence-electron chi connectivity index (χ1n) is 8.41. The zero-order valence-electron chi connectivity index (χ0n) is 15.3. The van der Waals surface area contributed by atoms with Gasteiger partial charge in [-0.25, -0.2) is 23.1 Å². The topological polar surface area (TPSA) is 84.4 Å². The lowest BCUT2D eigenvalue weighted by Gasteiger charge is -2.22. The molecule has 2 rings (SSSR count). The van der Waals surface area contributed by atoms with E-state index in [1.165, 1.54) is 6.33 Å². The first-order valence-corrected chi connectivity index (χ1v) is 10.1. The Labute approximate surface area is 157 Å². The number of aromatic nitrogens is 2. The van der Waals surface area contributed by atoms with Crippen molar-refractivity contribution in [3.8, 4) is 0 Å². The molecule has 25 heavy (non-hydrogen) atoms. The number of anilines is 1. The second kappa shape index (κ2) is 9.66. The van der Waals surface area contributed by atoms with Crippen molar-refractivity contribution in [3.63, 3.8) is 0 Å². The van der Waals surface area contributed by atoms with E-state index in [2.05, 4.69) is 33.4 Å². The molecule has 1 aromatic rings. The van der Waals surface area contributed by atoms with E-state index < -0.39 is 10.0 Å². The number of ether oxygens (including phenoxy) is 1. The molecule has 0 aliphatic carbocycles. The molecular weight excluding hydrogens is 364 g/mol. The van der Waals surface area contributed by atoms with Crippen LogP contribution in [0.15, 0.2) is 12.4 Å². The van der Waals surface area contributed by atoms with E-state index in [1.54, 1.807) is 7.11 Å². The van der Waals surface area contributed by atoms with Crippen LogP contribution in [-0.2, 0) is 21.4 Å². The molecule has 144 valence electrons. The van der Waals surface area contributed by atoms with E-state index in [4.69, 9.17) is 4.74 Å². The molecule has 2 atom stereocenters. The summed E-state index contributed by atoms with van der Waals surface area (Å²) >= 11 is 0. The first-order chi connectivity index (χ1) is 11.4. The summed E-state index contributed by atoms with van der Waals surface area (Å²) in [4.78, 5) is 10.7. The van der Waals surface area contributed by atoms with Gasteiger partial charge in [0.05, 0.1) is 18.1 Å². The number of sulfonamides is 1. The molecule has 9 heteroatoms. The van der Waals surface area contributed by atoms with Gasteiger partial charge in [-0.3, -0.25) is 0 Å². The molecule has 0 unspecified atom stereocenters. The van der Waals surface area contributed by atoms with Crippen LogP contribution >= 0.6 is 12.4 Å². The van der Waals surface area contributed by atoms with E-state index in [-0.39, 0.29) is 30.1 Å². The zero-order valence-corrected chi connectivity index (χ0v) is 16.9. The van der Waals surface area contributed by atoms with Gasteiger partial charge >= 0.3 is 0 Å². The van der Waals surface area contributed by atoms with Gasteiger partial charge in [0.1, 0.15) is 12.1 Å². The summed E-state index contributed by atoms with van der Waals surface area (Å²) in [6.07, 6.45) is 2.15. The van der Waals surface area contributed by atoms with Gasteiger partial charge in [-0.15, -0.1) is 12.4 Å². The van der Waals surface area contributed by atoms with Gasteiger partial charge in [-0.2, -0.15) is 0 Å². The lowest BCUT2D eigenvalue weighted by molar-refractivity contribution is 0.181. The van der Waals surface area contributed by atoms with Crippen LogP contribution in [0.5, 0.6) is 0 Å². The average molecular weight is 393 g/mol. The van der Waals surface area contributed by atoms with Crippen LogP contribution in [0.3, 0.4) is 0 Å². The Kier molecular flexibility index (Phi) is 8.53. The second-order valence-electron chi connectivity index (χ2n) is 6.66. The minimum atomic E-state index is -3.23. The molecule has 1 N–H and O–H groups in total. The molecule has 0 spiro atoms. The number of halogens is 1. The fourth-order valence-electron chi connectivity index (χ4n) is 3.16. The standard InChI is InChI=1S/C16H28N4O3S.ClH/c1-5-6-24(21,22)19-15-9-20(8-14(15)12(2)3)16-7-13(10-23-4)17-11-18-16;/h7,11-12,14-15,19H,5-6,8-10H2,1-4H3;1H/t14-,15+;/m1./s1. The monoisotopic (exact) mass is 392 g/mol. The lowest BCUT2D eigenvalue weighted by Crippen LogP contribution is -2.42. The van der Waals surface area contributed by atoms with Crippen molar-refractivity contribution in [2.75, 3.05) is 30.9 Å². The Morgan fingerprint density at radius 1 is 1.36 bits per heavy atom. The largest absolute Gasteiger partial charge is 0.378 e. The lowest BCUT2D eigenvalue weighted by atomic mass is 9.92. The summed E-state index contributed by atoms with van der Waals surface area (Å²) in [7, 11) is -1.60. The fourth-order valence-corrected chi connectivity index (χ4v) is 4.53. The number of nitrogens with one attached hydrogen (secondary N) is 1. The van der Waals surface area contributed by atoms with Crippen LogP contribution in [0.2, 0.25) is 0 Å². The highest BCUT2D eigenvalue weighted by Gasteiger charge is 2.37. The predicted molar refractivity (Wildman–Crippen MR) is 102 cm³/mol. The molecule has 0 bridgehead atoms. The van der Waals surface area contributed by atoms with Crippen LogP contribution < -0.4 is 9.62 Å². The van der Waals surface area contributed by atoms with Gasteiger partial charge in [0.2, 0.25) is 10.0 Å². The summed E-state index contributed by atoms with van der Waals surface area (Å²) in [6, 6.07) is 1.81. The van der Waals surface area contributed by atoms with Gasteiger partial charge in [0.25, 0.3) is 0 Å². The predicted octanol–water partition coefficient (Wildman–Crippen LogP) is 1.83. The molecule has 0 amide bonds. The van der Waals surface area contributed by atoms with E-state index in [0.717, 1.165) is 18.1 Å². The van der Waals surface area contributed by atoms with Crippen LogP contribution in [0.1, 0.15) is 32.9 Å². The average Bonchev–Trinajstić information content (AvgIpc) is 2.91. The van der Waals surface area contributed by atoms with Crippen molar-refractivity contribution in [1.29, 1.82) is 0 Å². The Morgan fingerprint density at radius 3 is 2.68 bits per heavy atom. The second-order valence-corrected chi connectivity index (χ2v) is 8.53. The molecule has 0 radical (unpaired) electrons. The number of nitrogens with zero attached hydrogens (tertiary/aromatic N) is 3.